The average molecular weight is 285 g/mol. The summed E-state index contributed by atoms with van der Waals surface area (Å²) in [5.41, 5.74) is 0. The third-order valence-electron chi connectivity index (χ3n) is 3.77. The predicted octanol–water partition coefficient (Wildman–Crippen LogP) is 1.42. The highest BCUT2D eigenvalue weighted by Gasteiger charge is 2.22. The van der Waals surface area contributed by atoms with Crippen molar-refractivity contribution in [1.82, 2.24) is 15.5 Å². The van der Waals surface area contributed by atoms with E-state index in [0.717, 1.165) is 39.0 Å². The molecule has 1 fully saturated rings. The van der Waals surface area contributed by atoms with Gasteiger partial charge in [0.2, 0.25) is 0 Å². The number of urea groups is 1. The lowest BCUT2D eigenvalue weighted by atomic mass is 10.0. The molecule has 3 N–H and O–H groups in total. The Morgan fingerprint density at radius 3 is 2.80 bits per heavy atom. The van der Waals surface area contributed by atoms with Crippen molar-refractivity contribution in [3.63, 3.8) is 0 Å². The van der Waals surface area contributed by atoms with Crippen LogP contribution in [0.25, 0.3) is 0 Å². The quantitative estimate of drug-likeness (QED) is 0.632. The van der Waals surface area contributed by atoms with Gasteiger partial charge in [0.1, 0.15) is 0 Å². The van der Waals surface area contributed by atoms with E-state index in [1.807, 2.05) is 0 Å². The molecule has 0 aromatic heterocycles. The van der Waals surface area contributed by atoms with Gasteiger partial charge in [-0.1, -0.05) is 20.8 Å². The predicted molar refractivity (Wildman–Crippen MR) is 81.7 cm³/mol. The third kappa shape index (κ3) is 6.57. The summed E-state index contributed by atoms with van der Waals surface area (Å²) in [5, 5.41) is 15.0. The highest BCUT2D eigenvalue weighted by Crippen LogP contribution is 2.15. The zero-order chi connectivity index (χ0) is 15.0. The van der Waals surface area contributed by atoms with Gasteiger partial charge in [-0.3, -0.25) is 0 Å². The fourth-order valence-corrected chi connectivity index (χ4v) is 2.82. The van der Waals surface area contributed by atoms with E-state index in [2.05, 4.69) is 36.3 Å². The van der Waals surface area contributed by atoms with Gasteiger partial charge in [0, 0.05) is 13.1 Å². The number of rotatable bonds is 8. The van der Waals surface area contributed by atoms with E-state index in [1.54, 1.807) is 0 Å². The summed E-state index contributed by atoms with van der Waals surface area (Å²) in [4.78, 5) is 14.3. The molecule has 1 heterocycles. The molecular formula is C15H31N3O2. The first-order valence-electron chi connectivity index (χ1n) is 7.92. The van der Waals surface area contributed by atoms with E-state index >= 15 is 0 Å². The summed E-state index contributed by atoms with van der Waals surface area (Å²) in [6, 6.07) is -0.297. The van der Waals surface area contributed by atoms with Crippen molar-refractivity contribution in [3.8, 4) is 0 Å². The molecule has 118 valence electrons. The summed E-state index contributed by atoms with van der Waals surface area (Å²) < 4.78 is 0. The van der Waals surface area contributed by atoms with Gasteiger partial charge in [-0.15, -0.1) is 0 Å². The van der Waals surface area contributed by atoms with Crippen molar-refractivity contribution in [1.29, 1.82) is 0 Å². The Hall–Kier alpha value is -0.810. The van der Waals surface area contributed by atoms with E-state index in [0.29, 0.717) is 11.8 Å². The Balaban J connectivity index is 2.19. The van der Waals surface area contributed by atoms with Crippen LogP contribution in [0.15, 0.2) is 0 Å². The standard InChI is InChI=1S/C15H31N3O2/c1-4-6-18-7-5-13(10-18)9-16-15(20)17-14(11-19)8-12(2)3/h12-14,19H,4-11H2,1-3H3,(H2,16,17,20). The van der Waals surface area contributed by atoms with Crippen molar-refractivity contribution in [2.24, 2.45) is 11.8 Å². The number of hydrogen-bond donors (Lipinski definition) is 3. The molecule has 1 aliphatic heterocycles. The highest BCUT2D eigenvalue weighted by atomic mass is 16.3. The molecule has 0 saturated carbocycles. The zero-order valence-electron chi connectivity index (χ0n) is 13.2. The lowest BCUT2D eigenvalue weighted by molar-refractivity contribution is 0.205. The maximum atomic E-state index is 11.8. The van der Waals surface area contributed by atoms with E-state index in [4.69, 9.17) is 0 Å². The Morgan fingerprint density at radius 1 is 1.45 bits per heavy atom. The molecule has 1 saturated heterocycles. The number of nitrogens with one attached hydrogen (secondary N) is 2. The lowest BCUT2D eigenvalue weighted by Gasteiger charge is -2.20. The zero-order valence-corrected chi connectivity index (χ0v) is 13.2. The molecule has 0 radical (unpaired) electrons. The van der Waals surface area contributed by atoms with Crippen LogP contribution in [0, 0.1) is 11.8 Å². The topological polar surface area (TPSA) is 64.6 Å². The largest absolute Gasteiger partial charge is 0.394 e. The number of carbonyl (C=O) groups is 1. The summed E-state index contributed by atoms with van der Waals surface area (Å²) in [6.45, 7) is 10.5. The molecule has 0 spiro atoms. The van der Waals surface area contributed by atoms with Crippen LogP contribution in [0.3, 0.4) is 0 Å². The number of carbonyl (C=O) groups excluding carboxylic acids is 1. The summed E-state index contributed by atoms with van der Waals surface area (Å²) in [6.07, 6.45) is 3.15. The van der Waals surface area contributed by atoms with Gasteiger partial charge in [0.05, 0.1) is 12.6 Å². The van der Waals surface area contributed by atoms with Gasteiger partial charge in [0.25, 0.3) is 0 Å². The van der Waals surface area contributed by atoms with Crippen molar-refractivity contribution >= 4 is 6.03 Å². The monoisotopic (exact) mass is 285 g/mol. The Morgan fingerprint density at radius 2 is 2.20 bits per heavy atom. The molecule has 5 heteroatoms. The lowest BCUT2D eigenvalue weighted by Crippen LogP contribution is -2.45. The minimum absolute atomic E-state index is 0.000688. The SMILES string of the molecule is CCCN1CCC(CNC(=O)NC(CO)CC(C)C)C1. The molecule has 20 heavy (non-hydrogen) atoms. The third-order valence-corrected chi connectivity index (χ3v) is 3.77. The highest BCUT2D eigenvalue weighted by molar-refractivity contribution is 5.74. The van der Waals surface area contributed by atoms with Crippen LogP contribution in [-0.2, 0) is 0 Å². The van der Waals surface area contributed by atoms with Gasteiger partial charge in [0.15, 0.2) is 0 Å². The first-order valence-corrected chi connectivity index (χ1v) is 7.92. The molecule has 2 unspecified atom stereocenters. The Labute approximate surface area is 123 Å². The van der Waals surface area contributed by atoms with Crippen molar-refractivity contribution in [3.05, 3.63) is 0 Å². The van der Waals surface area contributed by atoms with Crippen LogP contribution < -0.4 is 10.6 Å². The van der Waals surface area contributed by atoms with E-state index < -0.39 is 0 Å². The first kappa shape index (κ1) is 17.2. The Kier molecular flexibility index (Phi) is 7.92. The molecular weight excluding hydrogens is 254 g/mol. The van der Waals surface area contributed by atoms with Gasteiger partial charge in [-0.25, -0.2) is 4.79 Å². The summed E-state index contributed by atoms with van der Waals surface area (Å²) >= 11 is 0. The molecule has 2 amide bonds. The molecule has 0 aromatic rings. The number of hydrogen-bond acceptors (Lipinski definition) is 3. The van der Waals surface area contributed by atoms with Crippen molar-refractivity contribution < 1.29 is 9.90 Å². The Bertz CT molecular complexity index is 284. The van der Waals surface area contributed by atoms with E-state index in [9.17, 15) is 9.90 Å². The second-order valence-electron chi connectivity index (χ2n) is 6.32. The van der Waals surface area contributed by atoms with Gasteiger partial charge in [-0.2, -0.15) is 0 Å². The minimum atomic E-state index is -0.154. The van der Waals surface area contributed by atoms with Crippen molar-refractivity contribution in [2.75, 3.05) is 32.8 Å². The molecule has 0 aliphatic carbocycles. The maximum absolute atomic E-state index is 11.8. The number of likely N-dealkylation sites (tertiary alicyclic amines) is 1. The van der Waals surface area contributed by atoms with Crippen LogP contribution >= 0.6 is 0 Å². The summed E-state index contributed by atoms with van der Waals surface area (Å²) in [5.74, 6) is 1.02. The normalized spacial score (nSPS) is 21.1. The molecule has 5 nitrogen and oxygen atoms in total. The van der Waals surface area contributed by atoms with E-state index in [-0.39, 0.29) is 18.7 Å². The second-order valence-corrected chi connectivity index (χ2v) is 6.32. The molecule has 0 bridgehead atoms. The molecule has 1 aliphatic rings. The fraction of sp³-hybridized carbons (Fsp3) is 0.933. The second kappa shape index (κ2) is 9.19. The smallest absolute Gasteiger partial charge is 0.315 e. The van der Waals surface area contributed by atoms with Crippen LogP contribution in [0.1, 0.15) is 40.0 Å². The van der Waals surface area contributed by atoms with Gasteiger partial charge in [-0.05, 0) is 44.2 Å². The average Bonchev–Trinajstić information content (AvgIpc) is 2.83. The van der Waals surface area contributed by atoms with Gasteiger partial charge < -0.3 is 20.6 Å². The number of nitrogens with zero attached hydrogens (tertiary/aromatic N) is 1. The maximum Gasteiger partial charge on any atom is 0.315 e. The van der Waals surface area contributed by atoms with Crippen molar-refractivity contribution in [2.45, 2.75) is 46.1 Å². The first-order chi connectivity index (χ1) is 9.55. The number of amides is 2. The van der Waals surface area contributed by atoms with Crippen LogP contribution in [0.5, 0.6) is 0 Å². The van der Waals surface area contributed by atoms with Crippen LogP contribution in [-0.4, -0.2) is 54.9 Å². The molecule has 2 atom stereocenters. The van der Waals surface area contributed by atoms with E-state index in [1.165, 1.54) is 6.42 Å². The molecule has 1 rings (SSSR count). The fourth-order valence-electron chi connectivity index (χ4n) is 2.82. The summed E-state index contributed by atoms with van der Waals surface area (Å²) in [7, 11) is 0. The number of aliphatic hydroxyl groups excluding tert-OH is 1. The van der Waals surface area contributed by atoms with Crippen LogP contribution in [0.4, 0.5) is 4.79 Å². The van der Waals surface area contributed by atoms with Crippen LogP contribution in [0.2, 0.25) is 0 Å². The number of aliphatic hydroxyl groups is 1. The minimum Gasteiger partial charge on any atom is -0.394 e. The molecule has 0 aromatic carbocycles. The van der Waals surface area contributed by atoms with Gasteiger partial charge >= 0.3 is 6.03 Å².